The number of nitrogens with zero attached hydrogens (tertiary/aromatic N) is 5. The molecule has 0 aliphatic carbocycles. The summed E-state index contributed by atoms with van der Waals surface area (Å²) in [6, 6.07) is 7.47. The Morgan fingerprint density at radius 2 is 1.84 bits per heavy atom. The number of fused-ring (bicyclic) bond motifs is 2. The van der Waals surface area contributed by atoms with Crippen molar-refractivity contribution < 1.29 is 28.9 Å². The number of aliphatic hydroxyl groups excluding tert-OH is 1. The zero-order valence-electron chi connectivity index (χ0n) is 31.1. The van der Waals surface area contributed by atoms with Crippen molar-refractivity contribution in [2.75, 3.05) is 20.2 Å². The minimum Gasteiger partial charge on any atom is -0.438 e. The van der Waals surface area contributed by atoms with Gasteiger partial charge in [0, 0.05) is 32.2 Å². The van der Waals surface area contributed by atoms with E-state index in [9.17, 15) is 14.7 Å². The average Bonchev–Trinajstić information content (AvgIpc) is 3.81. The predicted octanol–water partition coefficient (Wildman–Crippen LogP) is 4.71. The third kappa shape index (κ3) is 7.79. The number of para-hydroxylation sites is 1. The van der Waals surface area contributed by atoms with Gasteiger partial charge in [0.25, 0.3) is 0 Å². The standard InChI is InChI=1S/C36H55BN6O6S/c1-9-28-36(7)31(24(5)38-19-21(2)18-35(6,47-8)30(37)22(3)29(44)23(4)33(45)48-28)43(34(46)49-36)17-13-12-16-42-20-26(40-41-42)32-39-25-14-10-11-15-27(25)50-32/h10-11,14-15,20-24,28,30-31,33,38,45H,9,12-13,16-19,37H2,1-8H3/t21-,22+,23-,24-,28-,30-,31-,33?,35-,36-/m1/s1. The molecule has 2 saturated heterocycles. The second kappa shape index (κ2) is 15.8. The number of ketones is 1. The molecule has 2 aromatic heterocycles. The fraction of sp³-hybridized carbons (Fsp3) is 0.694. The summed E-state index contributed by atoms with van der Waals surface area (Å²) in [5, 5.41) is 24.6. The Hall–Kier alpha value is -2.91. The minimum absolute atomic E-state index is 0.0801. The maximum Gasteiger partial charge on any atom is 0.410 e. The van der Waals surface area contributed by atoms with E-state index in [0.29, 0.717) is 26.1 Å². The molecular formula is C36H55BN6O6S. The van der Waals surface area contributed by atoms with E-state index in [-0.39, 0.29) is 35.5 Å². The minimum atomic E-state index is -1.36. The number of aliphatic hydroxyl groups is 1. The molecule has 3 aromatic rings. The number of Topliss-reactive ketones (excluding diaryl/α,β-unsaturated/α-hetero) is 1. The first-order valence-corrected chi connectivity index (χ1v) is 19.0. The molecule has 12 nitrogen and oxygen atoms in total. The number of amides is 1. The van der Waals surface area contributed by atoms with E-state index in [0.717, 1.165) is 40.2 Å². The van der Waals surface area contributed by atoms with Crippen molar-refractivity contribution in [1.82, 2.24) is 30.2 Å². The van der Waals surface area contributed by atoms with Crippen molar-refractivity contribution in [3.05, 3.63) is 30.5 Å². The van der Waals surface area contributed by atoms with Crippen molar-refractivity contribution >= 4 is 41.3 Å². The summed E-state index contributed by atoms with van der Waals surface area (Å²) in [5.74, 6) is -1.10. The van der Waals surface area contributed by atoms with Crippen molar-refractivity contribution in [2.24, 2.45) is 17.8 Å². The Bertz CT molecular complexity index is 1590. The highest BCUT2D eigenvalue weighted by molar-refractivity contribution is 7.21. The van der Waals surface area contributed by atoms with Crippen molar-refractivity contribution in [1.29, 1.82) is 0 Å². The van der Waals surface area contributed by atoms with Crippen LogP contribution in [0, 0.1) is 17.8 Å². The van der Waals surface area contributed by atoms with Crippen LogP contribution in [0.4, 0.5) is 4.79 Å². The van der Waals surface area contributed by atoms with E-state index < -0.39 is 35.6 Å². The SMILES string of the molecule is B[C@@H]1[C@@H](C)C(=O)[C@@H](C)C(O)O[C@H](CC)[C@@]2(C)OC(=O)N(CCCCn3cc(-c4nc5ccccc5s4)nn3)[C@@H]2[C@@H](C)NC[C@H](C)C[C@@]1(C)OC. The van der Waals surface area contributed by atoms with Crippen LogP contribution in [0.5, 0.6) is 0 Å². The second-order valence-electron chi connectivity index (χ2n) is 15.0. The highest BCUT2D eigenvalue weighted by Gasteiger charge is 2.58. The number of unbranched alkanes of at least 4 members (excludes halogenated alkanes) is 1. The van der Waals surface area contributed by atoms with Gasteiger partial charge in [-0.05, 0) is 76.9 Å². The molecule has 0 bridgehead atoms. The number of carbonyl (C=O) groups is 2. The van der Waals surface area contributed by atoms with E-state index in [1.165, 1.54) is 0 Å². The molecule has 274 valence electrons. The lowest BCUT2D eigenvalue weighted by Crippen LogP contribution is -2.61. The van der Waals surface area contributed by atoms with E-state index in [1.807, 2.05) is 54.7 Å². The number of hydrogen-bond donors (Lipinski definition) is 2. The number of carbonyl (C=O) groups excluding carboxylic acids is 2. The van der Waals surface area contributed by atoms with Crippen LogP contribution in [0.1, 0.15) is 74.1 Å². The monoisotopic (exact) mass is 710 g/mol. The lowest BCUT2D eigenvalue weighted by atomic mass is 9.62. The van der Waals surface area contributed by atoms with Gasteiger partial charge in [-0.3, -0.25) is 14.4 Å². The Morgan fingerprint density at radius 3 is 2.54 bits per heavy atom. The highest BCUT2D eigenvalue weighted by atomic mass is 32.1. The van der Waals surface area contributed by atoms with Crippen LogP contribution in [-0.2, 0) is 25.5 Å². The molecule has 2 N–H and O–H groups in total. The van der Waals surface area contributed by atoms with E-state index >= 15 is 0 Å². The first-order valence-electron chi connectivity index (χ1n) is 18.1. The van der Waals surface area contributed by atoms with Gasteiger partial charge in [0.05, 0.1) is 34.0 Å². The molecule has 2 aliphatic heterocycles. The molecule has 1 aromatic carbocycles. The van der Waals surface area contributed by atoms with Gasteiger partial charge in [-0.1, -0.05) is 45.0 Å². The van der Waals surface area contributed by atoms with Gasteiger partial charge in [-0.25, -0.2) is 9.78 Å². The lowest BCUT2D eigenvalue weighted by molar-refractivity contribution is -0.210. The number of ether oxygens (including phenoxy) is 3. The quantitative estimate of drug-likeness (QED) is 0.250. The Balaban J connectivity index is 1.32. The fourth-order valence-electron chi connectivity index (χ4n) is 8.00. The summed E-state index contributed by atoms with van der Waals surface area (Å²) in [6.07, 6.45) is 2.21. The zero-order valence-corrected chi connectivity index (χ0v) is 31.9. The molecule has 0 radical (unpaired) electrons. The first kappa shape index (κ1) is 38.3. The van der Waals surface area contributed by atoms with Gasteiger partial charge >= 0.3 is 6.09 Å². The fourth-order valence-corrected chi connectivity index (χ4v) is 8.91. The Kier molecular flexibility index (Phi) is 12.1. The molecule has 14 heteroatoms. The van der Waals surface area contributed by atoms with Crippen LogP contribution in [0.2, 0.25) is 5.82 Å². The summed E-state index contributed by atoms with van der Waals surface area (Å²) < 4.78 is 21.5. The molecule has 1 unspecified atom stereocenters. The molecule has 2 aliphatic rings. The number of aryl methyl sites for hydroxylation is 1. The lowest BCUT2D eigenvalue weighted by Gasteiger charge is -2.42. The van der Waals surface area contributed by atoms with Gasteiger partial charge in [0.1, 0.15) is 30.4 Å². The van der Waals surface area contributed by atoms with Gasteiger partial charge < -0.3 is 24.6 Å². The number of benzene rings is 1. The second-order valence-corrected chi connectivity index (χ2v) is 16.0. The summed E-state index contributed by atoms with van der Waals surface area (Å²) in [6.45, 7) is 15.6. The molecular weight excluding hydrogens is 655 g/mol. The van der Waals surface area contributed by atoms with E-state index in [2.05, 4.69) is 50.3 Å². The number of thiazole rings is 1. The van der Waals surface area contributed by atoms with Gasteiger partial charge in [0.2, 0.25) is 0 Å². The van der Waals surface area contributed by atoms with Gasteiger partial charge in [-0.2, -0.15) is 0 Å². The summed E-state index contributed by atoms with van der Waals surface area (Å²) in [7, 11) is 3.75. The molecule has 10 atom stereocenters. The van der Waals surface area contributed by atoms with Crippen LogP contribution < -0.4 is 5.32 Å². The number of nitrogens with one attached hydrogen (secondary N) is 1. The molecule has 0 spiro atoms. The molecule has 4 heterocycles. The third-order valence-corrected chi connectivity index (χ3v) is 12.4. The highest BCUT2D eigenvalue weighted by Crippen LogP contribution is 2.41. The Labute approximate surface area is 301 Å². The molecule has 1 amide bonds. The topological polar surface area (TPSA) is 141 Å². The number of methoxy groups -OCH3 is 1. The van der Waals surface area contributed by atoms with E-state index in [4.69, 9.17) is 19.2 Å². The van der Waals surface area contributed by atoms with Crippen LogP contribution in [0.15, 0.2) is 30.5 Å². The first-order chi connectivity index (χ1) is 23.7. The molecule has 50 heavy (non-hydrogen) atoms. The maximum absolute atomic E-state index is 13.7. The summed E-state index contributed by atoms with van der Waals surface area (Å²) >= 11 is 1.59. The average molecular weight is 711 g/mol. The number of hydrogen-bond acceptors (Lipinski definition) is 11. The predicted molar refractivity (Wildman–Crippen MR) is 197 cm³/mol. The van der Waals surface area contributed by atoms with Gasteiger partial charge in [-0.15, -0.1) is 16.4 Å². The molecule has 0 saturated carbocycles. The Morgan fingerprint density at radius 1 is 1.12 bits per heavy atom. The van der Waals surface area contributed by atoms with Crippen LogP contribution in [0.25, 0.3) is 20.9 Å². The van der Waals surface area contributed by atoms with E-state index in [1.54, 1.807) is 25.4 Å². The smallest absolute Gasteiger partial charge is 0.410 e. The summed E-state index contributed by atoms with van der Waals surface area (Å²) in [5.41, 5.74) is 0.0595. The third-order valence-electron chi connectivity index (χ3n) is 11.4. The van der Waals surface area contributed by atoms with Crippen molar-refractivity contribution in [3.8, 4) is 10.7 Å². The number of rotatable bonds is 8. The summed E-state index contributed by atoms with van der Waals surface area (Å²) in [4.78, 5) is 33.9. The molecule has 2 fully saturated rings. The van der Waals surface area contributed by atoms with Crippen LogP contribution in [0.3, 0.4) is 0 Å². The van der Waals surface area contributed by atoms with Crippen molar-refractivity contribution in [2.45, 2.75) is 122 Å². The molecule has 5 rings (SSSR count). The van der Waals surface area contributed by atoms with Crippen molar-refractivity contribution in [3.63, 3.8) is 0 Å². The van der Waals surface area contributed by atoms with Gasteiger partial charge in [0.15, 0.2) is 11.9 Å². The number of aromatic nitrogens is 4. The van der Waals surface area contributed by atoms with Crippen LogP contribution in [-0.4, -0.2) is 106 Å². The van der Waals surface area contributed by atoms with Crippen LogP contribution >= 0.6 is 11.3 Å². The normalized spacial score (nSPS) is 34.7. The maximum atomic E-state index is 13.7. The largest absolute Gasteiger partial charge is 0.438 e. The zero-order chi connectivity index (χ0) is 36.4.